The molecular formula is C20H25IN2O8. The molecule has 31 heavy (non-hydrogen) atoms. The number of ether oxygens (including phenoxy) is 1. The van der Waals surface area contributed by atoms with Gasteiger partial charge in [0, 0.05) is 22.1 Å². The number of carboxylic acid groups (broad SMARTS) is 2. The summed E-state index contributed by atoms with van der Waals surface area (Å²) in [7, 11) is 0. The van der Waals surface area contributed by atoms with Crippen molar-refractivity contribution < 1.29 is 38.9 Å². The number of benzene rings is 1. The lowest BCUT2D eigenvalue weighted by molar-refractivity contribution is -0.147. The molecule has 0 aromatic heterocycles. The molecule has 0 aliphatic rings. The molecule has 0 heterocycles. The predicted molar refractivity (Wildman–Crippen MR) is 118 cm³/mol. The van der Waals surface area contributed by atoms with Crippen molar-refractivity contribution in [2.24, 2.45) is 0 Å². The minimum atomic E-state index is -1.46. The van der Waals surface area contributed by atoms with Gasteiger partial charge in [-0.1, -0.05) is 0 Å². The smallest absolute Gasteiger partial charge is 0.408 e. The predicted octanol–water partition coefficient (Wildman–Crippen LogP) is 2.19. The fourth-order valence-electron chi connectivity index (χ4n) is 2.50. The molecule has 0 aliphatic carbocycles. The standard InChI is InChI=1S/C20H25IN2O8/c1-12(24)5-10-15(18(26)27)23-20(30)31-16(19(28)29)4-2-3-11-22-17(25)13-6-8-14(21)9-7-13/h6-9,15-16H,2-5,10-11H2,1H3,(H,22,25)(H,23,30)(H,26,27)(H,28,29)/t15-,16-/m0/s1/i21+4. The van der Waals surface area contributed by atoms with Crippen molar-refractivity contribution in [1.29, 1.82) is 0 Å². The highest BCUT2D eigenvalue weighted by Crippen LogP contribution is 2.09. The second-order valence-corrected chi connectivity index (χ2v) is 8.01. The molecule has 0 unspecified atom stereocenters. The molecule has 1 aromatic carbocycles. The number of hydrogen-bond donors (Lipinski definition) is 4. The van der Waals surface area contributed by atoms with Crippen molar-refractivity contribution in [3.8, 4) is 0 Å². The van der Waals surface area contributed by atoms with Gasteiger partial charge >= 0.3 is 18.0 Å². The van der Waals surface area contributed by atoms with Gasteiger partial charge in [-0.3, -0.25) is 4.79 Å². The van der Waals surface area contributed by atoms with E-state index in [1.807, 2.05) is 12.1 Å². The van der Waals surface area contributed by atoms with Gasteiger partial charge in [0.2, 0.25) is 6.10 Å². The molecule has 1 aromatic rings. The summed E-state index contributed by atoms with van der Waals surface area (Å²) in [5.41, 5.74) is 0.515. The first-order chi connectivity index (χ1) is 14.6. The number of unbranched alkanes of at least 4 members (excludes halogenated alkanes) is 1. The average molecular weight is 552 g/mol. The minimum absolute atomic E-state index is 0.00661. The van der Waals surface area contributed by atoms with Crippen molar-refractivity contribution in [1.82, 2.24) is 10.6 Å². The Balaban J connectivity index is 2.41. The van der Waals surface area contributed by atoms with E-state index in [9.17, 15) is 29.1 Å². The van der Waals surface area contributed by atoms with Crippen LogP contribution >= 0.6 is 22.6 Å². The molecule has 11 heteroatoms. The third-order valence-electron chi connectivity index (χ3n) is 4.19. The Kier molecular flexibility index (Phi) is 11.5. The number of hydrogen-bond acceptors (Lipinski definition) is 6. The van der Waals surface area contributed by atoms with Gasteiger partial charge in [-0.25, -0.2) is 14.4 Å². The van der Waals surface area contributed by atoms with E-state index < -0.39 is 30.2 Å². The number of alkyl carbamates (subject to hydrolysis) is 1. The maximum absolute atomic E-state index is 12.0. The van der Waals surface area contributed by atoms with Crippen molar-refractivity contribution in [3.63, 3.8) is 0 Å². The highest BCUT2D eigenvalue weighted by molar-refractivity contribution is 14.1. The average Bonchev–Trinajstić information content (AvgIpc) is 2.69. The van der Waals surface area contributed by atoms with Crippen LogP contribution in [-0.2, 0) is 19.1 Å². The van der Waals surface area contributed by atoms with E-state index >= 15 is 0 Å². The summed E-state index contributed by atoms with van der Waals surface area (Å²) in [6.07, 6.45) is -2.02. The molecule has 4 N–H and O–H groups in total. The van der Waals surface area contributed by atoms with Crippen LogP contribution in [0.15, 0.2) is 24.3 Å². The van der Waals surface area contributed by atoms with E-state index in [4.69, 9.17) is 9.84 Å². The largest absolute Gasteiger partial charge is 0.480 e. The number of rotatable bonds is 13. The molecule has 170 valence electrons. The van der Waals surface area contributed by atoms with Gasteiger partial charge in [0.1, 0.15) is 11.8 Å². The topological polar surface area (TPSA) is 159 Å². The fourth-order valence-corrected chi connectivity index (χ4v) is 2.86. The van der Waals surface area contributed by atoms with E-state index in [0.717, 1.165) is 3.57 Å². The summed E-state index contributed by atoms with van der Waals surface area (Å²) in [4.78, 5) is 57.3. The van der Waals surface area contributed by atoms with Crippen molar-refractivity contribution in [3.05, 3.63) is 33.4 Å². The molecule has 0 spiro atoms. The second-order valence-electron chi connectivity index (χ2n) is 6.77. The van der Waals surface area contributed by atoms with E-state index in [1.165, 1.54) is 6.92 Å². The number of carboxylic acids is 2. The van der Waals surface area contributed by atoms with Crippen LogP contribution in [0.5, 0.6) is 0 Å². The number of amides is 2. The lowest BCUT2D eigenvalue weighted by Gasteiger charge is -2.17. The minimum Gasteiger partial charge on any atom is -0.480 e. The first kappa shape index (κ1) is 26.3. The second kappa shape index (κ2) is 13.6. The van der Waals surface area contributed by atoms with Gasteiger partial charge in [0.15, 0.2) is 0 Å². The quantitative estimate of drug-likeness (QED) is 0.214. The van der Waals surface area contributed by atoms with Gasteiger partial charge in [0.05, 0.1) is 0 Å². The molecule has 0 aliphatic heterocycles. The molecule has 0 radical (unpaired) electrons. The number of carbonyl (C=O) groups is 5. The van der Waals surface area contributed by atoms with Gasteiger partial charge in [0.25, 0.3) is 5.91 Å². The van der Waals surface area contributed by atoms with Crippen LogP contribution in [0.3, 0.4) is 0 Å². The molecule has 2 atom stereocenters. The number of ketones is 1. The lowest BCUT2D eigenvalue weighted by atomic mass is 10.1. The maximum atomic E-state index is 12.0. The van der Waals surface area contributed by atoms with E-state index in [-0.39, 0.29) is 31.0 Å². The number of nitrogens with one attached hydrogen (secondary N) is 2. The Bertz CT molecular complexity index is 797. The molecule has 2 amide bonds. The molecule has 1 rings (SSSR count). The zero-order valence-corrected chi connectivity index (χ0v) is 19.1. The Morgan fingerprint density at radius 2 is 1.65 bits per heavy atom. The summed E-state index contributed by atoms with van der Waals surface area (Å²) in [5, 5.41) is 23.1. The first-order valence-electron chi connectivity index (χ1n) is 9.56. The Labute approximate surface area is 192 Å². The third kappa shape index (κ3) is 10.8. The van der Waals surface area contributed by atoms with Crippen LogP contribution < -0.4 is 10.6 Å². The number of halogens is 1. The molecule has 0 fully saturated rings. The zero-order valence-electron chi connectivity index (χ0n) is 16.9. The van der Waals surface area contributed by atoms with E-state index in [1.54, 1.807) is 12.1 Å². The van der Waals surface area contributed by atoms with Crippen LogP contribution in [0.1, 0.15) is 49.4 Å². The van der Waals surface area contributed by atoms with Crippen molar-refractivity contribution in [2.75, 3.05) is 6.54 Å². The highest BCUT2D eigenvalue weighted by atomic mass is 131. The summed E-state index contributed by atoms with van der Waals surface area (Å²) in [5.74, 6) is -3.20. The molecular weight excluding hydrogens is 527 g/mol. The van der Waals surface area contributed by atoms with Crippen LogP contribution in [0, 0.1) is 3.57 Å². The number of aliphatic carboxylic acids is 2. The normalized spacial score (nSPS) is 12.3. The van der Waals surface area contributed by atoms with E-state index in [0.29, 0.717) is 24.9 Å². The van der Waals surface area contributed by atoms with Gasteiger partial charge < -0.3 is 30.4 Å². The molecule has 0 saturated heterocycles. The summed E-state index contributed by atoms with van der Waals surface area (Å²) < 4.78 is 5.83. The zero-order chi connectivity index (χ0) is 23.4. The third-order valence-corrected chi connectivity index (χ3v) is 4.90. The molecule has 10 nitrogen and oxygen atoms in total. The summed E-state index contributed by atoms with van der Waals surface area (Å²) >= 11 is 2.13. The van der Waals surface area contributed by atoms with Crippen molar-refractivity contribution >= 4 is 52.3 Å². The van der Waals surface area contributed by atoms with Gasteiger partial charge in [-0.2, -0.15) is 0 Å². The van der Waals surface area contributed by atoms with Gasteiger partial charge in [-0.05, 0) is 79.5 Å². The Morgan fingerprint density at radius 1 is 1.00 bits per heavy atom. The Hall–Kier alpha value is -2.70. The monoisotopic (exact) mass is 552 g/mol. The maximum Gasteiger partial charge on any atom is 0.408 e. The van der Waals surface area contributed by atoms with E-state index in [2.05, 4.69) is 33.2 Å². The van der Waals surface area contributed by atoms with Crippen LogP contribution in [0.25, 0.3) is 0 Å². The first-order valence-corrected chi connectivity index (χ1v) is 10.6. The van der Waals surface area contributed by atoms with Crippen LogP contribution in [0.2, 0.25) is 0 Å². The fraction of sp³-hybridized carbons (Fsp3) is 0.450. The van der Waals surface area contributed by atoms with Crippen LogP contribution in [-0.4, -0.2) is 58.6 Å². The molecule has 0 bridgehead atoms. The lowest BCUT2D eigenvalue weighted by Crippen LogP contribution is -2.43. The summed E-state index contributed by atoms with van der Waals surface area (Å²) in [6.45, 7) is 1.61. The molecule has 0 saturated carbocycles. The summed E-state index contributed by atoms with van der Waals surface area (Å²) in [6, 6.07) is 5.66. The number of Topliss-reactive ketones (excluding diaryl/α,β-unsaturated/α-hetero) is 1. The Morgan fingerprint density at radius 3 is 2.19 bits per heavy atom. The number of carbonyl (C=O) groups excluding carboxylic acids is 3. The SMILES string of the molecule is CC(=O)CC[C@H](NC(=O)O[C@@H](CCCCNC(=O)c1ccc([131I])cc1)C(=O)O)C(=O)O. The highest BCUT2D eigenvalue weighted by Gasteiger charge is 2.26. The van der Waals surface area contributed by atoms with Gasteiger partial charge in [-0.15, -0.1) is 0 Å². The van der Waals surface area contributed by atoms with Crippen molar-refractivity contribution in [2.45, 2.75) is 51.2 Å². The van der Waals surface area contributed by atoms with Crippen LogP contribution in [0.4, 0.5) is 4.79 Å².